The number of hydrogen-bond donors (Lipinski definition) is 7. The van der Waals surface area contributed by atoms with Gasteiger partial charge in [0, 0.05) is 14.1 Å². The predicted octanol–water partition coefficient (Wildman–Crippen LogP) is -3.13. The second-order valence-electron chi connectivity index (χ2n) is 9.09. The summed E-state index contributed by atoms with van der Waals surface area (Å²) in [5, 5.41) is 42.4. The average molecular weight is 585 g/mol. The van der Waals surface area contributed by atoms with Crippen molar-refractivity contribution in [3.63, 3.8) is 0 Å². The molecule has 2 saturated heterocycles. The Morgan fingerprint density at radius 3 is 2.18 bits per heavy atom. The number of fused-ring (bicyclic) bond motifs is 7. The van der Waals surface area contributed by atoms with Crippen LogP contribution in [0.2, 0.25) is 0 Å². The second kappa shape index (κ2) is 9.67. The molecular formula is C17H27N6O13P2+. The highest BCUT2D eigenvalue weighted by atomic mass is 31.3. The van der Waals surface area contributed by atoms with Crippen LogP contribution in [0, 0.1) is 0 Å². The number of nitrogens with two attached hydrogens (primary N) is 1. The summed E-state index contributed by atoms with van der Waals surface area (Å²) in [5.74, 6) is 0.116. The molecule has 0 amide bonds. The normalized spacial score (nSPS) is 42.0. The molecule has 8 bridgehead atoms. The number of anilines is 2. The molecule has 212 valence electrons. The summed E-state index contributed by atoms with van der Waals surface area (Å²) in [6.45, 7) is -1.70. The Kier molecular flexibility index (Phi) is 7.05. The molecule has 2 fully saturated rings. The molecule has 0 aliphatic carbocycles. The lowest BCUT2D eigenvalue weighted by molar-refractivity contribution is -0.755. The first-order valence-electron chi connectivity index (χ1n) is 11.1. The monoisotopic (exact) mass is 585 g/mol. The second-order valence-corrected chi connectivity index (χ2v) is 12.1. The van der Waals surface area contributed by atoms with E-state index in [2.05, 4.69) is 18.8 Å². The Labute approximate surface area is 213 Å². The van der Waals surface area contributed by atoms with E-state index in [-0.39, 0.29) is 22.9 Å². The number of aliphatic hydroxyl groups excluding tert-OH is 4. The summed E-state index contributed by atoms with van der Waals surface area (Å²) in [6, 6.07) is 0. The van der Waals surface area contributed by atoms with Gasteiger partial charge in [-0.3, -0.25) is 13.6 Å². The van der Waals surface area contributed by atoms with E-state index in [1.807, 2.05) is 0 Å². The molecule has 8 N–H and O–H groups in total. The van der Waals surface area contributed by atoms with Gasteiger partial charge < -0.3 is 50.3 Å². The molecule has 6 rings (SSSR count). The minimum atomic E-state index is -5.27. The van der Waals surface area contributed by atoms with Crippen molar-refractivity contribution in [2.45, 2.75) is 49.1 Å². The maximum atomic E-state index is 12.3. The molecule has 38 heavy (non-hydrogen) atoms. The van der Waals surface area contributed by atoms with Gasteiger partial charge in [-0.15, -0.1) is 0 Å². The summed E-state index contributed by atoms with van der Waals surface area (Å²) >= 11 is 0. The van der Waals surface area contributed by atoms with E-state index >= 15 is 0 Å². The molecule has 6 heterocycles. The topological polar surface area (TPSA) is 266 Å². The number of aromatic nitrogens is 4. The van der Waals surface area contributed by atoms with Gasteiger partial charge in [0.15, 0.2) is 11.7 Å². The van der Waals surface area contributed by atoms with Crippen molar-refractivity contribution in [3.8, 4) is 0 Å². The van der Waals surface area contributed by atoms with Gasteiger partial charge in [0.05, 0.1) is 13.2 Å². The largest absolute Gasteiger partial charge is 0.481 e. The fourth-order valence-electron chi connectivity index (χ4n) is 4.45. The van der Waals surface area contributed by atoms with Gasteiger partial charge in [-0.1, -0.05) is 4.98 Å². The molecule has 0 saturated carbocycles. The van der Waals surface area contributed by atoms with E-state index in [1.54, 1.807) is 19.0 Å². The molecule has 2 aromatic rings. The number of aliphatic hydroxyl groups is 4. The van der Waals surface area contributed by atoms with Crippen LogP contribution in [0.4, 0.5) is 11.8 Å². The highest BCUT2D eigenvalue weighted by molar-refractivity contribution is 7.61. The minimum absolute atomic E-state index is 0.0684. The Balaban J connectivity index is 1.64. The first kappa shape index (κ1) is 27.7. The zero-order valence-corrected chi connectivity index (χ0v) is 21.6. The zero-order valence-electron chi connectivity index (χ0n) is 19.9. The van der Waals surface area contributed by atoms with Crippen LogP contribution in [0.1, 0.15) is 12.5 Å². The fourth-order valence-corrected chi connectivity index (χ4v) is 6.54. The maximum absolute atomic E-state index is 12.3. The Hall–Kier alpha value is -1.83. The molecule has 4 aliphatic rings. The highest BCUT2D eigenvalue weighted by Crippen LogP contribution is 2.60. The van der Waals surface area contributed by atoms with Crippen molar-refractivity contribution in [2.24, 2.45) is 0 Å². The van der Waals surface area contributed by atoms with Crippen molar-refractivity contribution in [1.82, 2.24) is 14.5 Å². The van der Waals surface area contributed by atoms with Crippen molar-refractivity contribution < 1.29 is 66.7 Å². The van der Waals surface area contributed by atoms with Crippen molar-refractivity contribution in [3.05, 3.63) is 6.33 Å². The number of imidazole rings is 1. The summed E-state index contributed by atoms with van der Waals surface area (Å²) in [4.78, 5) is 30.2. The van der Waals surface area contributed by atoms with Gasteiger partial charge in [0.2, 0.25) is 24.2 Å². The van der Waals surface area contributed by atoms with Crippen LogP contribution < -0.4 is 15.2 Å². The van der Waals surface area contributed by atoms with Gasteiger partial charge in [0.25, 0.3) is 5.82 Å². The van der Waals surface area contributed by atoms with Gasteiger partial charge in [0.1, 0.15) is 36.6 Å². The number of hydrogen-bond acceptors (Lipinski definition) is 15. The Morgan fingerprint density at radius 1 is 1.00 bits per heavy atom. The molecule has 10 atom stereocenters. The van der Waals surface area contributed by atoms with Gasteiger partial charge in [-0.2, -0.15) is 4.31 Å². The number of phosphoric ester groups is 2. The van der Waals surface area contributed by atoms with E-state index in [1.165, 1.54) is 15.5 Å². The molecule has 19 nitrogen and oxygen atoms in total. The summed E-state index contributed by atoms with van der Waals surface area (Å²) in [5.41, 5.74) is 6.53. The van der Waals surface area contributed by atoms with Gasteiger partial charge >= 0.3 is 15.6 Å². The molecule has 0 spiro atoms. The number of nitrogen functional groups attached to an aromatic ring is 1. The van der Waals surface area contributed by atoms with E-state index in [9.17, 15) is 39.3 Å². The van der Waals surface area contributed by atoms with Crippen LogP contribution in [0.3, 0.4) is 0 Å². The molecule has 2 unspecified atom stereocenters. The lowest BCUT2D eigenvalue weighted by Gasteiger charge is -2.22. The van der Waals surface area contributed by atoms with E-state index < -0.39 is 77.9 Å². The van der Waals surface area contributed by atoms with Crippen LogP contribution in [0.5, 0.6) is 0 Å². The van der Waals surface area contributed by atoms with Crippen LogP contribution in [-0.4, -0.2) is 109 Å². The number of rotatable bonds is 1. The first-order chi connectivity index (χ1) is 17.7. The van der Waals surface area contributed by atoms with E-state index in [0.717, 1.165) is 0 Å². The SMILES string of the molecule is CN(C)c1nc2c(N)[n+]3cnc2n1[C@@H]1O[C@H](COP(=O)(O)OP(=O)(O)OC[C@H]2O[C@@H]3[C@H](O)[C@@H]2O)[C@@H](O)[C@H]1O. The average Bonchev–Trinajstić information content (AvgIpc) is 3.44. The van der Waals surface area contributed by atoms with E-state index in [0.29, 0.717) is 0 Å². The minimum Gasteiger partial charge on any atom is -0.387 e. The van der Waals surface area contributed by atoms with Crippen LogP contribution in [0.25, 0.3) is 11.2 Å². The van der Waals surface area contributed by atoms with Gasteiger partial charge in [-0.05, 0) is 0 Å². The molecule has 0 aromatic carbocycles. The molecule has 2 aromatic heterocycles. The van der Waals surface area contributed by atoms with Crippen molar-refractivity contribution in [1.29, 1.82) is 0 Å². The molecule has 0 radical (unpaired) electrons. The summed E-state index contributed by atoms with van der Waals surface area (Å²) in [7, 11) is -7.28. The zero-order chi connectivity index (χ0) is 27.7. The lowest BCUT2D eigenvalue weighted by Crippen LogP contribution is -2.48. The number of nitrogens with zero attached hydrogens (tertiary/aromatic N) is 5. The molecular weight excluding hydrogens is 558 g/mol. The third-order valence-corrected chi connectivity index (χ3v) is 8.91. The van der Waals surface area contributed by atoms with Crippen LogP contribution >= 0.6 is 15.6 Å². The maximum Gasteiger partial charge on any atom is 0.481 e. The molecule has 21 heteroatoms. The first-order valence-corrected chi connectivity index (χ1v) is 14.1. The van der Waals surface area contributed by atoms with Crippen LogP contribution in [0.15, 0.2) is 6.33 Å². The lowest BCUT2D eigenvalue weighted by atomic mass is 10.1. The fraction of sp³-hybridized carbons (Fsp3) is 0.706. The van der Waals surface area contributed by atoms with E-state index in [4.69, 9.17) is 19.7 Å². The smallest absolute Gasteiger partial charge is 0.387 e. The summed E-state index contributed by atoms with van der Waals surface area (Å²) in [6.07, 6.45) is -10.8. The van der Waals surface area contributed by atoms with Crippen molar-refractivity contribution >= 4 is 38.6 Å². The Bertz CT molecular complexity index is 1330. The van der Waals surface area contributed by atoms with Crippen molar-refractivity contribution in [2.75, 3.05) is 37.9 Å². The Morgan fingerprint density at radius 2 is 1.58 bits per heavy atom. The third kappa shape index (κ3) is 4.73. The number of ether oxygens (including phenoxy) is 2. The molecule has 4 aliphatic heterocycles. The third-order valence-electron chi connectivity index (χ3n) is 6.31. The number of phosphoric acid groups is 2. The highest BCUT2D eigenvalue weighted by Gasteiger charge is 2.50. The quantitative estimate of drug-likeness (QED) is 0.129. The summed E-state index contributed by atoms with van der Waals surface area (Å²) < 4.78 is 52.1. The predicted molar refractivity (Wildman–Crippen MR) is 121 cm³/mol. The van der Waals surface area contributed by atoms with Gasteiger partial charge in [-0.25, -0.2) is 18.7 Å². The standard InChI is InChI=1S/C17H26N6O13P2/c1-21(2)17-20-8-13(18)22-5-19-14(8)23(17)16-12(27)10(25)7(35-16)4-33-38(30,31)36-37(28,29)32-3-6-9(24)11(26)15(22)34-6/h5-7,9-12,15-16,18,24-27H,3-4H2,1-2H3,(H2,28,29,30,31)/p+1/t6-,7-,9-,10-,11-,12-,15-,16-/m1/s1. The van der Waals surface area contributed by atoms with Crippen LogP contribution in [-0.2, 0) is 32.0 Å².